The van der Waals surface area contributed by atoms with Gasteiger partial charge in [0.1, 0.15) is 17.6 Å². The van der Waals surface area contributed by atoms with Crippen LogP contribution in [0.4, 0.5) is 20.3 Å². The van der Waals surface area contributed by atoms with E-state index in [2.05, 4.69) is 32.5 Å². The Balaban J connectivity index is 1.36. The number of rotatable bonds is 8. The third-order valence-electron chi connectivity index (χ3n) is 6.74. The number of carbonyl (C=O) groups is 1. The molecule has 0 aliphatic heterocycles. The lowest BCUT2D eigenvalue weighted by Gasteiger charge is -2.17. The van der Waals surface area contributed by atoms with Crippen molar-refractivity contribution >= 4 is 40.6 Å². The van der Waals surface area contributed by atoms with Crippen molar-refractivity contribution in [3.63, 3.8) is 0 Å². The number of hydrogen-bond acceptors (Lipinski definition) is 6. The molecule has 8 nitrogen and oxygen atoms in total. The van der Waals surface area contributed by atoms with Crippen molar-refractivity contribution in [1.29, 1.82) is 0 Å². The van der Waals surface area contributed by atoms with E-state index in [0.717, 1.165) is 38.2 Å². The Hall–Kier alpha value is -4.60. The van der Waals surface area contributed by atoms with E-state index in [1.807, 2.05) is 49.4 Å². The van der Waals surface area contributed by atoms with Crippen LogP contribution < -0.4 is 10.7 Å². The molecule has 2 aromatic heterocycles. The molecule has 5 rings (SSSR count). The lowest BCUT2D eigenvalue weighted by Crippen LogP contribution is -2.33. The first-order valence-electron chi connectivity index (χ1n) is 12.0. The summed E-state index contributed by atoms with van der Waals surface area (Å²) in [5.74, 6) is -2.10. The highest BCUT2D eigenvalue weighted by molar-refractivity contribution is 5.99. The van der Waals surface area contributed by atoms with Crippen LogP contribution in [0.2, 0.25) is 0 Å². The zero-order valence-electron chi connectivity index (χ0n) is 21.2. The summed E-state index contributed by atoms with van der Waals surface area (Å²) < 4.78 is 28.7. The minimum Gasteiger partial charge on any atom is -0.340 e. The largest absolute Gasteiger partial charge is 0.340 e. The molecule has 2 aromatic carbocycles. The van der Waals surface area contributed by atoms with Gasteiger partial charge in [-0.2, -0.15) is 5.10 Å². The van der Waals surface area contributed by atoms with Crippen LogP contribution in [0.25, 0.3) is 27.9 Å². The van der Waals surface area contributed by atoms with Gasteiger partial charge in [-0.3, -0.25) is 10.2 Å². The minimum absolute atomic E-state index is 0.295. The maximum absolute atomic E-state index is 13.5. The average Bonchev–Trinajstić information content (AvgIpc) is 3.44. The highest BCUT2D eigenvalue weighted by Crippen LogP contribution is 2.45. The molecule has 1 unspecified atom stereocenters. The fourth-order valence-corrected chi connectivity index (χ4v) is 4.37. The topological polar surface area (TPSA) is 87.4 Å². The fourth-order valence-electron chi connectivity index (χ4n) is 4.37. The Morgan fingerprint density at radius 1 is 1.21 bits per heavy atom. The number of nitrogens with one attached hydrogen (secondary N) is 2. The average molecular weight is 516 g/mol. The van der Waals surface area contributed by atoms with E-state index >= 15 is 0 Å². The van der Waals surface area contributed by atoms with Gasteiger partial charge in [0, 0.05) is 61.8 Å². The zero-order chi connectivity index (χ0) is 27.0. The van der Waals surface area contributed by atoms with E-state index in [-0.39, 0.29) is 6.42 Å². The highest BCUT2D eigenvalue weighted by atomic mass is 19.3. The number of halogens is 2. The number of allylic oxidation sites excluding steroid dienone is 1. The molecule has 38 heavy (non-hydrogen) atoms. The molecule has 1 aliphatic rings. The monoisotopic (exact) mass is 515 g/mol. The van der Waals surface area contributed by atoms with Gasteiger partial charge in [-0.15, -0.1) is 0 Å². The first-order valence-corrected chi connectivity index (χ1v) is 12.0. The van der Waals surface area contributed by atoms with E-state index in [1.54, 1.807) is 36.1 Å². The number of aromatic nitrogens is 3. The van der Waals surface area contributed by atoms with Gasteiger partial charge in [-0.1, -0.05) is 24.3 Å². The third-order valence-corrected chi connectivity index (χ3v) is 6.74. The van der Waals surface area contributed by atoms with Gasteiger partial charge in [0.15, 0.2) is 5.82 Å². The molecular weight excluding hydrogens is 488 g/mol. The lowest BCUT2D eigenvalue weighted by atomic mass is 10.1. The zero-order valence-corrected chi connectivity index (χ0v) is 21.2. The van der Waals surface area contributed by atoms with E-state index in [9.17, 15) is 13.6 Å². The Morgan fingerprint density at radius 3 is 2.63 bits per heavy atom. The van der Waals surface area contributed by atoms with Gasteiger partial charge >= 0.3 is 0 Å². The molecule has 2 heterocycles. The second kappa shape index (κ2) is 9.70. The molecule has 1 atom stereocenters. The summed E-state index contributed by atoms with van der Waals surface area (Å²) in [7, 11) is 3.17. The van der Waals surface area contributed by atoms with Crippen molar-refractivity contribution in [2.24, 2.45) is 12.1 Å². The smallest absolute Gasteiger partial charge is 0.270 e. The maximum Gasteiger partial charge on any atom is 0.270 e. The van der Waals surface area contributed by atoms with Crippen LogP contribution in [-0.2, 0) is 7.05 Å². The summed E-state index contributed by atoms with van der Waals surface area (Å²) in [5, 5.41) is 7.73. The lowest BCUT2D eigenvalue weighted by molar-refractivity contribution is 0.0571. The van der Waals surface area contributed by atoms with Crippen LogP contribution in [0.5, 0.6) is 0 Å². The minimum atomic E-state index is -2.81. The number of alkyl halides is 2. The highest BCUT2D eigenvalue weighted by Gasteiger charge is 2.60. The molecule has 4 aromatic rings. The number of fused-ring (bicyclic) bond motifs is 1. The molecule has 194 valence electrons. The maximum atomic E-state index is 13.5. The Morgan fingerprint density at radius 2 is 1.95 bits per heavy atom. The number of hydrazone groups is 1. The van der Waals surface area contributed by atoms with Gasteiger partial charge in [0.2, 0.25) is 0 Å². The van der Waals surface area contributed by atoms with Gasteiger partial charge in [-0.05, 0) is 48.4 Å². The number of carbonyl (C=O) groups excluding carboxylic acids is 1. The normalized spacial score (nSPS) is 16.2. The van der Waals surface area contributed by atoms with Gasteiger partial charge < -0.3 is 14.8 Å². The molecule has 1 fully saturated rings. The van der Waals surface area contributed by atoms with Crippen molar-refractivity contribution in [1.82, 2.24) is 24.9 Å². The summed E-state index contributed by atoms with van der Waals surface area (Å²) in [4.78, 5) is 23.1. The number of hydrogen-bond donors (Lipinski definition) is 2. The standard InChI is InChI=1S/C28H27F2N7O/c1-17(16-33-31-2)18-7-9-21(10-8-18)34-25-11-12-32-26(35-25)20-6-5-19-13-23(36(3)22(19)14-20)27(38)37(4)24-15-28(24,29)30/h5-14,16,24,33H,2,15H2,1,3-4H3,(H,32,34,35)/b17-16+. The predicted molar refractivity (Wildman–Crippen MR) is 145 cm³/mol. The van der Waals surface area contributed by atoms with Crippen LogP contribution in [0.3, 0.4) is 0 Å². The quantitative estimate of drug-likeness (QED) is 0.242. The van der Waals surface area contributed by atoms with Crippen LogP contribution in [0, 0.1) is 0 Å². The van der Waals surface area contributed by atoms with E-state index < -0.39 is 17.9 Å². The van der Waals surface area contributed by atoms with E-state index in [1.165, 1.54) is 7.05 Å². The van der Waals surface area contributed by atoms with Crippen LogP contribution in [-0.4, -0.2) is 51.1 Å². The van der Waals surface area contributed by atoms with Crippen LogP contribution in [0.1, 0.15) is 29.4 Å². The fraction of sp³-hybridized carbons (Fsp3) is 0.214. The van der Waals surface area contributed by atoms with Crippen LogP contribution >= 0.6 is 0 Å². The van der Waals surface area contributed by atoms with Crippen molar-refractivity contribution in [3.8, 4) is 11.4 Å². The Kier molecular flexibility index (Phi) is 6.40. The summed E-state index contributed by atoms with van der Waals surface area (Å²) in [6.07, 6.45) is 3.16. The van der Waals surface area contributed by atoms with E-state index in [0.29, 0.717) is 17.3 Å². The number of nitrogens with zero attached hydrogens (tertiary/aromatic N) is 5. The number of anilines is 2. The second-order valence-electron chi connectivity index (χ2n) is 9.34. The molecule has 0 bridgehead atoms. The van der Waals surface area contributed by atoms with Crippen molar-refractivity contribution in [2.75, 3.05) is 12.4 Å². The predicted octanol–water partition coefficient (Wildman–Crippen LogP) is 5.42. The third kappa shape index (κ3) is 4.84. The molecule has 1 amide bonds. The number of amides is 1. The first kappa shape index (κ1) is 25.1. The first-order chi connectivity index (χ1) is 18.2. The summed E-state index contributed by atoms with van der Waals surface area (Å²) in [6.45, 7) is 5.37. The second-order valence-corrected chi connectivity index (χ2v) is 9.34. The van der Waals surface area contributed by atoms with Crippen molar-refractivity contribution < 1.29 is 13.6 Å². The molecule has 0 spiro atoms. The Bertz CT molecular complexity index is 1560. The molecule has 2 N–H and O–H groups in total. The molecule has 1 saturated carbocycles. The van der Waals surface area contributed by atoms with Crippen molar-refractivity contribution in [3.05, 3.63) is 78.3 Å². The summed E-state index contributed by atoms with van der Waals surface area (Å²) in [5.41, 5.74) is 7.56. The van der Waals surface area contributed by atoms with E-state index in [4.69, 9.17) is 0 Å². The van der Waals surface area contributed by atoms with Gasteiger partial charge in [0.25, 0.3) is 11.8 Å². The number of benzene rings is 2. The Labute approximate surface area is 218 Å². The molecule has 10 heteroatoms. The van der Waals surface area contributed by atoms with Crippen LogP contribution in [0.15, 0.2) is 72.1 Å². The summed E-state index contributed by atoms with van der Waals surface area (Å²) >= 11 is 0. The molecular formula is C28H27F2N7O. The molecule has 0 radical (unpaired) electrons. The van der Waals surface area contributed by atoms with Gasteiger partial charge in [-0.25, -0.2) is 18.7 Å². The molecule has 1 aliphatic carbocycles. The van der Waals surface area contributed by atoms with Gasteiger partial charge in [0.05, 0.1) is 0 Å². The number of aryl methyl sites for hydroxylation is 1. The van der Waals surface area contributed by atoms with Crippen molar-refractivity contribution in [2.45, 2.75) is 25.3 Å². The molecule has 0 saturated heterocycles. The summed E-state index contributed by atoms with van der Waals surface area (Å²) in [6, 6.07) is 16.0. The SMILES string of the molecule is C=NN/C=C(\C)c1ccc(Nc2ccnc(-c3ccc4cc(C(=O)N(C)C5CC5(F)F)n(C)c4c3)n2)cc1.